The van der Waals surface area contributed by atoms with E-state index in [9.17, 15) is 18.0 Å². The number of amides is 2. The molecule has 2 aromatic heterocycles. The van der Waals surface area contributed by atoms with Gasteiger partial charge in [0.25, 0.3) is 11.1 Å². The average Bonchev–Trinajstić information content (AvgIpc) is 2.87. The Morgan fingerprint density at radius 2 is 1.96 bits per heavy atom. The summed E-state index contributed by atoms with van der Waals surface area (Å²) in [6.45, 7) is 0.220. The van der Waals surface area contributed by atoms with Gasteiger partial charge in [-0.1, -0.05) is 6.07 Å². The first-order valence-corrected chi connectivity index (χ1v) is 10.2. The number of thioether (sulfide) groups is 1. The Morgan fingerprint density at radius 3 is 2.65 bits per heavy atom. The van der Waals surface area contributed by atoms with Gasteiger partial charge in [-0.3, -0.25) is 19.5 Å². The summed E-state index contributed by atoms with van der Waals surface area (Å²) in [5.74, 6) is -0.435. The molecule has 2 aromatic rings. The standard InChI is InChI=1S/C16H14N4O4S2/c1-26(23,24)15-18-8-5-12(19-15)10-13-14(21)20(16(22)25-13)9-6-11-4-2-3-7-17-11/h2-5,7-8,10H,6,9H2,1H3/b13-10+. The van der Waals surface area contributed by atoms with Crippen molar-refractivity contribution >= 4 is 38.8 Å². The molecule has 0 unspecified atom stereocenters. The third kappa shape index (κ3) is 4.14. The van der Waals surface area contributed by atoms with Gasteiger partial charge in [0.05, 0.1) is 10.6 Å². The Bertz CT molecular complexity index is 990. The molecule has 8 nitrogen and oxygen atoms in total. The number of pyridine rings is 1. The van der Waals surface area contributed by atoms with Crippen LogP contribution in [0.15, 0.2) is 46.7 Å². The van der Waals surface area contributed by atoms with Crippen molar-refractivity contribution in [3.05, 3.63) is 53.0 Å². The lowest BCUT2D eigenvalue weighted by Crippen LogP contribution is -2.30. The molecular formula is C16H14N4O4S2. The molecule has 0 aromatic carbocycles. The van der Waals surface area contributed by atoms with Gasteiger partial charge in [-0.05, 0) is 36.0 Å². The molecule has 3 heterocycles. The van der Waals surface area contributed by atoms with Crippen LogP contribution in [0, 0.1) is 0 Å². The zero-order valence-corrected chi connectivity index (χ0v) is 15.3. The molecule has 10 heteroatoms. The maximum Gasteiger partial charge on any atom is 0.293 e. The lowest BCUT2D eigenvalue weighted by Gasteiger charge is -2.11. The van der Waals surface area contributed by atoms with Crippen LogP contribution in [-0.4, -0.2) is 52.2 Å². The van der Waals surface area contributed by atoms with E-state index in [1.807, 2.05) is 12.1 Å². The molecule has 0 spiro atoms. The number of nitrogens with zero attached hydrogens (tertiary/aromatic N) is 4. The monoisotopic (exact) mass is 390 g/mol. The normalized spacial score (nSPS) is 16.5. The molecule has 0 atom stereocenters. The molecule has 0 aliphatic carbocycles. The third-order valence-corrected chi connectivity index (χ3v) is 5.22. The largest absolute Gasteiger partial charge is 0.293 e. The first-order valence-electron chi connectivity index (χ1n) is 7.53. The molecule has 0 N–H and O–H groups in total. The molecule has 1 fully saturated rings. The van der Waals surface area contributed by atoms with Gasteiger partial charge >= 0.3 is 0 Å². The first-order chi connectivity index (χ1) is 12.3. The van der Waals surface area contributed by atoms with E-state index in [1.54, 1.807) is 12.3 Å². The van der Waals surface area contributed by atoms with Gasteiger partial charge in [-0.25, -0.2) is 18.4 Å². The van der Waals surface area contributed by atoms with E-state index in [4.69, 9.17) is 0 Å². The van der Waals surface area contributed by atoms with Gasteiger partial charge < -0.3 is 0 Å². The van der Waals surface area contributed by atoms with Crippen molar-refractivity contribution in [2.24, 2.45) is 0 Å². The van der Waals surface area contributed by atoms with Crippen molar-refractivity contribution < 1.29 is 18.0 Å². The Labute approximate surface area is 154 Å². The minimum absolute atomic E-state index is 0.189. The summed E-state index contributed by atoms with van der Waals surface area (Å²) in [6.07, 6.45) is 5.79. The SMILES string of the molecule is CS(=O)(=O)c1nccc(/C=C2/SC(=O)N(CCc3ccccn3)C2=O)n1. The van der Waals surface area contributed by atoms with E-state index in [-0.39, 0.29) is 27.5 Å². The predicted octanol–water partition coefficient (Wildman–Crippen LogP) is 1.55. The smallest absolute Gasteiger partial charge is 0.268 e. The van der Waals surface area contributed by atoms with E-state index >= 15 is 0 Å². The molecule has 2 amide bonds. The minimum Gasteiger partial charge on any atom is -0.268 e. The summed E-state index contributed by atoms with van der Waals surface area (Å²) in [5.41, 5.74) is 1.03. The Hall–Kier alpha value is -2.59. The molecule has 0 bridgehead atoms. The molecule has 3 rings (SSSR count). The van der Waals surface area contributed by atoms with E-state index in [0.29, 0.717) is 6.42 Å². The van der Waals surface area contributed by atoms with Crippen LogP contribution in [0.25, 0.3) is 6.08 Å². The van der Waals surface area contributed by atoms with Crippen molar-refractivity contribution in [3.8, 4) is 0 Å². The topological polar surface area (TPSA) is 110 Å². The van der Waals surface area contributed by atoms with Crippen molar-refractivity contribution in [3.63, 3.8) is 0 Å². The van der Waals surface area contributed by atoms with Crippen LogP contribution in [-0.2, 0) is 21.1 Å². The molecule has 134 valence electrons. The lowest BCUT2D eigenvalue weighted by molar-refractivity contribution is -0.122. The van der Waals surface area contributed by atoms with E-state index < -0.39 is 15.7 Å². The highest BCUT2D eigenvalue weighted by Gasteiger charge is 2.34. The highest BCUT2D eigenvalue weighted by Crippen LogP contribution is 2.32. The van der Waals surface area contributed by atoms with Gasteiger partial charge in [-0.2, -0.15) is 0 Å². The quantitative estimate of drug-likeness (QED) is 0.559. The van der Waals surface area contributed by atoms with Crippen LogP contribution < -0.4 is 0 Å². The molecule has 1 saturated heterocycles. The maximum atomic E-state index is 12.5. The van der Waals surface area contributed by atoms with Crippen LogP contribution >= 0.6 is 11.8 Å². The molecule has 0 radical (unpaired) electrons. The van der Waals surface area contributed by atoms with Gasteiger partial charge in [0, 0.05) is 37.3 Å². The van der Waals surface area contributed by atoms with Gasteiger partial charge in [0.2, 0.25) is 15.0 Å². The summed E-state index contributed by atoms with van der Waals surface area (Å²) in [7, 11) is -3.56. The molecular weight excluding hydrogens is 376 g/mol. The highest BCUT2D eigenvalue weighted by molar-refractivity contribution is 8.18. The summed E-state index contributed by atoms with van der Waals surface area (Å²) in [4.78, 5) is 37.7. The number of hydrogen-bond donors (Lipinski definition) is 0. The number of rotatable bonds is 5. The van der Waals surface area contributed by atoms with Gasteiger partial charge in [0.1, 0.15) is 0 Å². The number of carbonyl (C=O) groups excluding carboxylic acids is 2. The molecule has 1 aliphatic heterocycles. The highest BCUT2D eigenvalue weighted by atomic mass is 32.2. The fourth-order valence-electron chi connectivity index (χ4n) is 2.21. The number of aromatic nitrogens is 3. The van der Waals surface area contributed by atoms with Crippen LogP contribution in [0.5, 0.6) is 0 Å². The maximum absolute atomic E-state index is 12.5. The number of hydrogen-bond acceptors (Lipinski definition) is 8. The summed E-state index contributed by atoms with van der Waals surface area (Å²) >= 11 is 0.793. The fourth-order valence-corrected chi connectivity index (χ4v) is 3.59. The summed E-state index contributed by atoms with van der Waals surface area (Å²) < 4.78 is 23.0. The average molecular weight is 390 g/mol. The Kier molecular flexibility index (Phi) is 5.14. The predicted molar refractivity (Wildman–Crippen MR) is 95.8 cm³/mol. The number of imide groups is 1. The second kappa shape index (κ2) is 7.34. The van der Waals surface area contributed by atoms with Crippen LogP contribution in [0.2, 0.25) is 0 Å². The Morgan fingerprint density at radius 1 is 1.15 bits per heavy atom. The van der Waals surface area contributed by atoms with Crippen LogP contribution in [0.4, 0.5) is 4.79 Å². The number of carbonyl (C=O) groups is 2. The second-order valence-electron chi connectivity index (χ2n) is 5.44. The van der Waals surface area contributed by atoms with Crippen LogP contribution in [0.3, 0.4) is 0 Å². The van der Waals surface area contributed by atoms with Crippen molar-refractivity contribution in [1.82, 2.24) is 19.9 Å². The van der Waals surface area contributed by atoms with E-state index in [0.717, 1.165) is 28.6 Å². The van der Waals surface area contributed by atoms with Gasteiger partial charge in [0.15, 0.2) is 0 Å². The third-order valence-electron chi connectivity index (χ3n) is 3.46. The van der Waals surface area contributed by atoms with Crippen LogP contribution in [0.1, 0.15) is 11.4 Å². The molecule has 1 aliphatic rings. The van der Waals surface area contributed by atoms with Crippen molar-refractivity contribution in [2.75, 3.05) is 12.8 Å². The van der Waals surface area contributed by atoms with Crippen molar-refractivity contribution in [1.29, 1.82) is 0 Å². The van der Waals surface area contributed by atoms with Crippen molar-refractivity contribution in [2.45, 2.75) is 11.6 Å². The second-order valence-corrected chi connectivity index (χ2v) is 8.34. The zero-order chi connectivity index (χ0) is 18.7. The minimum atomic E-state index is -3.56. The fraction of sp³-hybridized carbons (Fsp3) is 0.188. The van der Waals surface area contributed by atoms with E-state index in [2.05, 4.69) is 15.0 Å². The summed E-state index contributed by atoms with van der Waals surface area (Å²) in [6, 6.07) is 6.92. The Balaban J connectivity index is 1.77. The molecule has 26 heavy (non-hydrogen) atoms. The molecule has 0 saturated carbocycles. The lowest BCUT2D eigenvalue weighted by atomic mass is 10.2. The first kappa shape index (κ1) is 18.2. The summed E-state index contributed by atoms with van der Waals surface area (Å²) in [5, 5.41) is -0.713. The van der Waals surface area contributed by atoms with Gasteiger partial charge in [-0.15, -0.1) is 0 Å². The zero-order valence-electron chi connectivity index (χ0n) is 13.7. The number of sulfone groups is 1. The van der Waals surface area contributed by atoms with E-state index in [1.165, 1.54) is 18.3 Å².